The number of benzene rings is 3. The van der Waals surface area contributed by atoms with E-state index in [4.69, 9.17) is 4.74 Å². The molecule has 0 aromatic heterocycles. The lowest BCUT2D eigenvalue weighted by molar-refractivity contribution is -0.877. The highest BCUT2D eigenvalue weighted by Gasteiger charge is 2.22. The van der Waals surface area contributed by atoms with Gasteiger partial charge in [0, 0.05) is 0 Å². The van der Waals surface area contributed by atoms with Gasteiger partial charge in [0.25, 0.3) is 0 Å². The van der Waals surface area contributed by atoms with Crippen molar-refractivity contribution in [3.05, 3.63) is 94.7 Å². The lowest BCUT2D eigenvalue weighted by atomic mass is 9.82. The van der Waals surface area contributed by atoms with Crippen LogP contribution in [0.15, 0.2) is 72.8 Å². The molecule has 0 fully saturated rings. The number of hydroxylamine groups is 3. The van der Waals surface area contributed by atoms with E-state index >= 15 is 0 Å². The van der Waals surface area contributed by atoms with Crippen LogP contribution >= 0.6 is 0 Å². The molecule has 1 aliphatic rings. The van der Waals surface area contributed by atoms with Crippen LogP contribution in [0, 0.1) is 11.1 Å². The summed E-state index contributed by atoms with van der Waals surface area (Å²) in [6.07, 6.45) is 4.37. The fourth-order valence-corrected chi connectivity index (χ4v) is 4.69. The predicted octanol–water partition coefficient (Wildman–Crippen LogP) is 6.78. The summed E-state index contributed by atoms with van der Waals surface area (Å²) in [4.78, 5) is 0. The number of hydrogen-bond acceptors (Lipinski definition) is 2. The van der Waals surface area contributed by atoms with E-state index in [9.17, 15) is 5.21 Å². The summed E-state index contributed by atoms with van der Waals surface area (Å²) in [6, 6.07) is 25.6. The molecule has 3 aromatic rings. The summed E-state index contributed by atoms with van der Waals surface area (Å²) in [6.45, 7) is 6.69. The first-order valence-corrected chi connectivity index (χ1v) is 12.0. The summed E-state index contributed by atoms with van der Waals surface area (Å²) < 4.78 is 6.05. The predicted molar refractivity (Wildman–Crippen MR) is 132 cm³/mol. The van der Waals surface area contributed by atoms with Crippen molar-refractivity contribution in [1.82, 2.24) is 0 Å². The Balaban J connectivity index is 1.31. The summed E-state index contributed by atoms with van der Waals surface area (Å²) >= 11 is 0. The number of rotatable bonds is 9. The number of fused-ring (bicyclic) bond motifs is 1. The maximum Gasteiger partial charge on any atom is 0.120 e. The molecular formula is C29H35NO2. The Morgan fingerprint density at radius 3 is 2.31 bits per heavy atom. The van der Waals surface area contributed by atoms with Gasteiger partial charge in [-0.1, -0.05) is 60.7 Å². The van der Waals surface area contributed by atoms with E-state index in [0.29, 0.717) is 25.6 Å². The van der Waals surface area contributed by atoms with Gasteiger partial charge >= 0.3 is 0 Å². The van der Waals surface area contributed by atoms with Crippen LogP contribution in [0.4, 0.5) is 0 Å². The Kier molecular flexibility index (Phi) is 7.29. The van der Waals surface area contributed by atoms with Crippen LogP contribution < -0.4 is 4.74 Å². The Labute approximate surface area is 192 Å². The molecule has 168 valence electrons. The van der Waals surface area contributed by atoms with Gasteiger partial charge in [0.1, 0.15) is 12.4 Å². The third-order valence-electron chi connectivity index (χ3n) is 7.07. The largest absolute Gasteiger partial charge is 0.633 e. The van der Waals surface area contributed by atoms with Crippen LogP contribution in [-0.4, -0.2) is 24.3 Å². The van der Waals surface area contributed by atoms with Gasteiger partial charge in [-0.2, -0.15) is 0 Å². The van der Waals surface area contributed by atoms with Gasteiger partial charge in [-0.05, 0) is 85.4 Å². The monoisotopic (exact) mass is 429 g/mol. The third kappa shape index (κ3) is 5.59. The number of nitrogens with zero attached hydrogens (tertiary/aromatic N) is 1. The van der Waals surface area contributed by atoms with Gasteiger partial charge in [-0.15, -0.1) is 0 Å². The molecule has 3 heteroatoms. The van der Waals surface area contributed by atoms with E-state index in [1.165, 1.54) is 34.2 Å². The number of ether oxygens (including phenoxy) is 1. The van der Waals surface area contributed by atoms with E-state index in [0.717, 1.165) is 31.6 Å². The number of quaternary nitrogens is 1. The molecule has 1 unspecified atom stereocenters. The summed E-state index contributed by atoms with van der Waals surface area (Å²) in [5.74, 6) is 1.57. The zero-order valence-electron chi connectivity index (χ0n) is 19.4. The first kappa shape index (κ1) is 22.6. The van der Waals surface area contributed by atoms with Crippen molar-refractivity contribution in [2.24, 2.45) is 5.92 Å². The topological polar surface area (TPSA) is 32.3 Å². The van der Waals surface area contributed by atoms with Crippen molar-refractivity contribution < 1.29 is 9.38 Å². The molecular weight excluding hydrogens is 394 g/mol. The Morgan fingerprint density at radius 2 is 1.59 bits per heavy atom. The molecule has 0 bridgehead atoms. The second-order valence-electron chi connectivity index (χ2n) is 9.09. The van der Waals surface area contributed by atoms with Crippen molar-refractivity contribution >= 4 is 0 Å². The molecule has 3 nitrogen and oxygen atoms in total. The van der Waals surface area contributed by atoms with E-state index in [2.05, 4.69) is 66.7 Å². The first-order valence-electron chi connectivity index (χ1n) is 12.0. The second kappa shape index (κ2) is 10.3. The highest BCUT2D eigenvalue weighted by Crippen LogP contribution is 2.31. The molecule has 1 aliphatic carbocycles. The lowest BCUT2D eigenvalue weighted by Crippen LogP contribution is -2.43. The third-order valence-corrected chi connectivity index (χ3v) is 7.07. The van der Waals surface area contributed by atoms with Gasteiger partial charge < -0.3 is 14.6 Å². The lowest BCUT2D eigenvalue weighted by Gasteiger charge is -2.42. The maximum atomic E-state index is 12.6. The summed E-state index contributed by atoms with van der Waals surface area (Å²) in [5, 5.41) is 12.6. The van der Waals surface area contributed by atoms with E-state index < -0.39 is 0 Å². The van der Waals surface area contributed by atoms with Crippen molar-refractivity contribution in [3.8, 4) is 16.9 Å². The molecule has 0 aliphatic heterocycles. The molecule has 0 saturated carbocycles. The van der Waals surface area contributed by atoms with Crippen LogP contribution in [0.2, 0.25) is 0 Å². The van der Waals surface area contributed by atoms with E-state index in [1.807, 2.05) is 19.9 Å². The Hall–Kier alpha value is -2.62. The van der Waals surface area contributed by atoms with Crippen molar-refractivity contribution in [3.63, 3.8) is 0 Å². The van der Waals surface area contributed by atoms with Crippen molar-refractivity contribution in [1.29, 1.82) is 0 Å². The zero-order valence-corrected chi connectivity index (χ0v) is 19.4. The molecule has 0 amide bonds. The first-order chi connectivity index (χ1) is 15.6. The van der Waals surface area contributed by atoms with Gasteiger partial charge in [-0.25, -0.2) is 0 Å². The average Bonchev–Trinajstić information content (AvgIpc) is 2.86. The van der Waals surface area contributed by atoms with E-state index in [-0.39, 0.29) is 4.65 Å². The molecule has 0 radical (unpaired) electrons. The fraction of sp³-hybridized carbons (Fsp3) is 0.379. The van der Waals surface area contributed by atoms with Gasteiger partial charge in [-0.3, -0.25) is 0 Å². The molecule has 0 N–H and O–H groups in total. The molecule has 3 aromatic carbocycles. The van der Waals surface area contributed by atoms with Crippen LogP contribution in [0.25, 0.3) is 11.1 Å². The minimum absolute atomic E-state index is 0.0531. The Morgan fingerprint density at radius 1 is 0.875 bits per heavy atom. The molecule has 4 rings (SSSR count). The van der Waals surface area contributed by atoms with Gasteiger partial charge in [0.05, 0.1) is 19.6 Å². The van der Waals surface area contributed by atoms with E-state index in [1.54, 1.807) is 0 Å². The fourth-order valence-electron chi connectivity index (χ4n) is 4.69. The average molecular weight is 430 g/mol. The summed E-state index contributed by atoms with van der Waals surface area (Å²) in [5.41, 5.74) is 6.47. The highest BCUT2D eigenvalue weighted by atomic mass is 16.5. The van der Waals surface area contributed by atoms with Crippen LogP contribution in [0.1, 0.15) is 43.4 Å². The highest BCUT2D eigenvalue weighted by molar-refractivity contribution is 5.63. The SMILES string of the molecule is CC[N+]([O-])(CC)CCC1CCc2cc(OCc3ccc(-c4ccccc4)cc3)ccc2C1. The standard InChI is InChI=1S/C29H35NO2/c1-3-30(31,4-2)19-18-23-10-15-28-21-29(17-16-27(28)20-23)32-22-24-11-13-26(14-12-24)25-8-6-5-7-9-25/h5-9,11-14,16-17,21,23H,3-4,10,15,18-20,22H2,1-2H3. The molecule has 0 spiro atoms. The van der Waals surface area contributed by atoms with Gasteiger partial charge in [0.2, 0.25) is 0 Å². The smallest absolute Gasteiger partial charge is 0.120 e. The second-order valence-corrected chi connectivity index (χ2v) is 9.09. The quantitative estimate of drug-likeness (QED) is 0.277. The molecule has 0 saturated heterocycles. The summed E-state index contributed by atoms with van der Waals surface area (Å²) in [7, 11) is 0. The minimum atomic E-state index is -0.0531. The molecule has 1 atom stereocenters. The minimum Gasteiger partial charge on any atom is -0.633 e. The van der Waals surface area contributed by atoms with Gasteiger partial charge in [0.15, 0.2) is 0 Å². The Bertz CT molecular complexity index is 993. The molecule has 32 heavy (non-hydrogen) atoms. The van der Waals surface area contributed by atoms with Crippen LogP contribution in [0.5, 0.6) is 5.75 Å². The molecule has 0 heterocycles. The maximum absolute atomic E-state index is 12.6. The van der Waals surface area contributed by atoms with Crippen LogP contribution in [-0.2, 0) is 19.4 Å². The van der Waals surface area contributed by atoms with Crippen LogP contribution in [0.3, 0.4) is 0 Å². The zero-order chi connectivity index (χ0) is 22.4. The van der Waals surface area contributed by atoms with Crippen molar-refractivity contribution in [2.45, 2.75) is 46.1 Å². The normalized spacial score (nSPS) is 15.9. The number of hydrogen-bond donors (Lipinski definition) is 0. The number of aryl methyl sites for hydroxylation is 1. The van der Waals surface area contributed by atoms with Crippen molar-refractivity contribution in [2.75, 3.05) is 19.6 Å².